The second kappa shape index (κ2) is 8.01. The summed E-state index contributed by atoms with van der Waals surface area (Å²) in [6.07, 6.45) is 0.161. The molecule has 0 aliphatic heterocycles. The van der Waals surface area contributed by atoms with E-state index < -0.39 is 5.97 Å². The normalized spacial score (nSPS) is 9.96. The maximum atomic E-state index is 12.3. The summed E-state index contributed by atoms with van der Waals surface area (Å²) < 4.78 is 20.2. The third-order valence-electron chi connectivity index (χ3n) is 3.34. The van der Waals surface area contributed by atoms with E-state index in [4.69, 9.17) is 14.2 Å². The van der Waals surface area contributed by atoms with Gasteiger partial charge in [-0.3, -0.25) is 4.79 Å². The van der Waals surface area contributed by atoms with E-state index in [1.54, 1.807) is 42.5 Å². The molecule has 2 rings (SSSR count). The number of carbonyl (C=O) groups excluding carboxylic acids is 2. The molecule has 0 aliphatic rings. The summed E-state index contributed by atoms with van der Waals surface area (Å²) >= 11 is 0. The predicted octanol–water partition coefficient (Wildman–Crippen LogP) is 2.64. The summed E-state index contributed by atoms with van der Waals surface area (Å²) in [5.41, 5.74) is 1.02. The number of carbonyl (C=O) groups is 2. The Balaban J connectivity index is 2.13. The largest absolute Gasteiger partial charge is 0.497 e. The van der Waals surface area contributed by atoms with Gasteiger partial charge in [0.25, 0.3) is 0 Å². The van der Waals surface area contributed by atoms with E-state index in [0.717, 1.165) is 5.56 Å². The van der Waals surface area contributed by atoms with Crippen molar-refractivity contribution in [2.24, 2.45) is 0 Å². The van der Waals surface area contributed by atoms with Gasteiger partial charge in [0, 0.05) is 0 Å². The fraction of sp³-hybridized carbons (Fsp3) is 0.222. The number of ether oxygens (including phenoxy) is 4. The van der Waals surface area contributed by atoms with Crippen LogP contribution in [-0.2, 0) is 16.0 Å². The van der Waals surface area contributed by atoms with Gasteiger partial charge in [-0.15, -0.1) is 0 Å². The molecule has 0 N–H and O–H groups in total. The van der Waals surface area contributed by atoms with Crippen LogP contribution in [0.15, 0.2) is 42.5 Å². The van der Waals surface area contributed by atoms with Gasteiger partial charge in [-0.05, 0) is 35.9 Å². The Morgan fingerprint density at radius 2 is 1.54 bits per heavy atom. The Bertz CT molecular complexity index is 721. The second-order valence-corrected chi connectivity index (χ2v) is 4.85. The monoisotopic (exact) mass is 330 g/mol. The van der Waals surface area contributed by atoms with Crippen LogP contribution in [0.2, 0.25) is 0 Å². The first-order valence-corrected chi connectivity index (χ1v) is 7.17. The third-order valence-corrected chi connectivity index (χ3v) is 3.34. The molecule has 0 amide bonds. The standard InChI is InChI=1S/C18H18O6/c1-21-14-8-9-16(22-2)15(11-14)18(20)24-13-6-4-12(5-7-13)10-17(19)23-3/h4-9,11H,10H2,1-3H3. The molecule has 0 spiro atoms. The zero-order valence-corrected chi connectivity index (χ0v) is 13.7. The molecule has 0 unspecified atom stereocenters. The van der Waals surface area contributed by atoms with Crippen molar-refractivity contribution in [3.8, 4) is 17.2 Å². The van der Waals surface area contributed by atoms with Crippen LogP contribution in [-0.4, -0.2) is 33.3 Å². The minimum absolute atomic E-state index is 0.161. The van der Waals surface area contributed by atoms with Gasteiger partial charge in [0.1, 0.15) is 22.8 Å². The zero-order valence-electron chi connectivity index (χ0n) is 13.7. The average molecular weight is 330 g/mol. The average Bonchev–Trinajstić information content (AvgIpc) is 2.62. The molecule has 0 heterocycles. The highest BCUT2D eigenvalue weighted by Crippen LogP contribution is 2.25. The molecule has 2 aromatic rings. The molecule has 0 atom stereocenters. The van der Waals surface area contributed by atoms with Gasteiger partial charge in [-0.1, -0.05) is 12.1 Å². The van der Waals surface area contributed by atoms with E-state index in [1.807, 2.05) is 0 Å². The van der Waals surface area contributed by atoms with Crippen molar-refractivity contribution in [3.05, 3.63) is 53.6 Å². The molecule has 0 bridgehead atoms. The highest BCUT2D eigenvalue weighted by atomic mass is 16.5. The Kier molecular flexibility index (Phi) is 5.78. The molecule has 0 fully saturated rings. The van der Waals surface area contributed by atoms with Crippen molar-refractivity contribution >= 4 is 11.9 Å². The lowest BCUT2D eigenvalue weighted by Crippen LogP contribution is -2.10. The van der Waals surface area contributed by atoms with Gasteiger partial charge in [0.15, 0.2) is 0 Å². The Labute approximate surface area is 139 Å². The minimum Gasteiger partial charge on any atom is -0.497 e. The van der Waals surface area contributed by atoms with Crippen LogP contribution >= 0.6 is 0 Å². The fourth-order valence-corrected chi connectivity index (χ4v) is 2.05. The number of esters is 2. The van der Waals surface area contributed by atoms with Crippen LogP contribution in [0.5, 0.6) is 17.2 Å². The second-order valence-electron chi connectivity index (χ2n) is 4.85. The molecule has 0 aliphatic carbocycles. The van der Waals surface area contributed by atoms with E-state index in [0.29, 0.717) is 17.2 Å². The molecular formula is C18H18O6. The lowest BCUT2D eigenvalue weighted by molar-refractivity contribution is -0.139. The summed E-state index contributed by atoms with van der Waals surface area (Å²) in [7, 11) is 4.32. The summed E-state index contributed by atoms with van der Waals surface area (Å²) in [5.74, 6) is 0.380. The highest BCUT2D eigenvalue weighted by Gasteiger charge is 2.16. The van der Waals surface area contributed by atoms with Crippen molar-refractivity contribution in [1.82, 2.24) is 0 Å². The molecule has 0 saturated carbocycles. The van der Waals surface area contributed by atoms with Crippen LogP contribution in [0.4, 0.5) is 0 Å². The summed E-state index contributed by atoms with van der Waals surface area (Å²) in [6.45, 7) is 0. The van der Waals surface area contributed by atoms with Gasteiger partial charge in [0.05, 0.1) is 27.8 Å². The van der Waals surface area contributed by atoms with E-state index in [9.17, 15) is 9.59 Å². The van der Waals surface area contributed by atoms with Crippen LogP contribution in [0.1, 0.15) is 15.9 Å². The Morgan fingerprint density at radius 1 is 0.875 bits per heavy atom. The SMILES string of the molecule is COC(=O)Cc1ccc(OC(=O)c2cc(OC)ccc2OC)cc1. The maximum absolute atomic E-state index is 12.3. The number of benzene rings is 2. The highest BCUT2D eigenvalue weighted by molar-refractivity contribution is 5.94. The number of rotatable bonds is 6. The van der Waals surface area contributed by atoms with Crippen molar-refractivity contribution < 1.29 is 28.5 Å². The van der Waals surface area contributed by atoms with E-state index in [-0.39, 0.29) is 18.0 Å². The number of methoxy groups -OCH3 is 3. The lowest BCUT2D eigenvalue weighted by atomic mass is 10.1. The van der Waals surface area contributed by atoms with E-state index in [2.05, 4.69) is 4.74 Å². The van der Waals surface area contributed by atoms with E-state index in [1.165, 1.54) is 21.3 Å². The third kappa shape index (κ3) is 4.25. The maximum Gasteiger partial charge on any atom is 0.347 e. The van der Waals surface area contributed by atoms with Crippen LogP contribution < -0.4 is 14.2 Å². The molecule has 0 radical (unpaired) electrons. The predicted molar refractivity (Wildman–Crippen MR) is 86.7 cm³/mol. The molecule has 126 valence electrons. The van der Waals surface area contributed by atoms with Gasteiger partial charge < -0.3 is 18.9 Å². The molecule has 6 heteroatoms. The molecule has 2 aromatic carbocycles. The van der Waals surface area contributed by atoms with Gasteiger partial charge >= 0.3 is 11.9 Å². The van der Waals surface area contributed by atoms with Crippen molar-refractivity contribution in [2.45, 2.75) is 6.42 Å². The van der Waals surface area contributed by atoms with Crippen molar-refractivity contribution in [2.75, 3.05) is 21.3 Å². The van der Waals surface area contributed by atoms with Gasteiger partial charge in [0.2, 0.25) is 0 Å². The van der Waals surface area contributed by atoms with E-state index >= 15 is 0 Å². The molecule has 6 nitrogen and oxygen atoms in total. The van der Waals surface area contributed by atoms with Gasteiger partial charge in [-0.2, -0.15) is 0 Å². The Hall–Kier alpha value is -3.02. The quantitative estimate of drug-likeness (QED) is 0.599. The van der Waals surface area contributed by atoms with Crippen LogP contribution in [0.3, 0.4) is 0 Å². The zero-order chi connectivity index (χ0) is 17.5. The Morgan fingerprint density at radius 3 is 2.12 bits per heavy atom. The summed E-state index contributed by atoms with van der Waals surface area (Å²) in [5, 5.41) is 0. The lowest BCUT2D eigenvalue weighted by Gasteiger charge is -2.10. The molecule has 0 aromatic heterocycles. The number of hydrogen-bond donors (Lipinski definition) is 0. The fourth-order valence-electron chi connectivity index (χ4n) is 2.05. The first-order valence-electron chi connectivity index (χ1n) is 7.17. The minimum atomic E-state index is -0.563. The first kappa shape index (κ1) is 17.3. The van der Waals surface area contributed by atoms with Crippen molar-refractivity contribution in [3.63, 3.8) is 0 Å². The number of hydrogen-bond acceptors (Lipinski definition) is 6. The van der Waals surface area contributed by atoms with Crippen molar-refractivity contribution in [1.29, 1.82) is 0 Å². The first-order chi connectivity index (χ1) is 11.6. The molecule has 0 saturated heterocycles. The van der Waals surface area contributed by atoms with Crippen LogP contribution in [0.25, 0.3) is 0 Å². The van der Waals surface area contributed by atoms with Crippen LogP contribution in [0, 0.1) is 0 Å². The molecular weight excluding hydrogens is 312 g/mol. The summed E-state index contributed by atoms with van der Waals surface area (Å²) in [4.78, 5) is 23.6. The van der Waals surface area contributed by atoms with Gasteiger partial charge in [-0.25, -0.2) is 4.79 Å². The topological polar surface area (TPSA) is 71.1 Å². The molecule has 24 heavy (non-hydrogen) atoms. The smallest absolute Gasteiger partial charge is 0.347 e. The summed E-state index contributed by atoms with van der Waals surface area (Å²) in [6, 6.07) is 11.5.